The molecule has 2 aliphatic heterocycles. The lowest BCUT2D eigenvalue weighted by Crippen LogP contribution is -2.41. The van der Waals surface area contributed by atoms with Gasteiger partial charge in [0.25, 0.3) is 0 Å². The molecule has 8 aromatic rings. The highest BCUT2D eigenvalue weighted by atomic mass is 15.1. The van der Waals surface area contributed by atoms with Gasteiger partial charge in [-0.2, -0.15) is 0 Å². The van der Waals surface area contributed by atoms with Crippen molar-refractivity contribution in [3.63, 3.8) is 0 Å². The highest BCUT2D eigenvalue weighted by Crippen LogP contribution is 2.70. The monoisotopic (exact) mass is 560 g/mol. The number of benzene rings is 6. The Morgan fingerprint density at radius 1 is 0.523 bits per heavy atom. The van der Waals surface area contributed by atoms with E-state index in [1.165, 1.54) is 90.9 Å². The van der Waals surface area contributed by atoms with Crippen molar-refractivity contribution in [3.8, 4) is 22.5 Å². The molecule has 1 fully saturated rings. The summed E-state index contributed by atoms with van der Waals surface area (Å²) < 4.78 is 5.28. The molecule has 0 N–H and O–H groups in total. The van der Waals surface area contributed by atoms with E-state index in [0.717, 1.165) is 0 Å². The van der Waals surface area contributed by atoms with E-state index >= 15 is 0 Å². The third-order valence-electron chi connectivity index (χ3n) is 12.0. The fraction of sp³-hybridized carbons (Fsp3) is 0.143. The number of rotatable bonds is 1. The van der Waals surface area contributed by atoms with Gasteiger partial charge in [-0.05, 0) is 76.8 Å². The maximum atomic E-state index is 2.64. The summed E-state index contributed by atoms with van der Waals surface area (Å²) in [5, 5.41) is 5.49. The number of hydrogen-bond donors (Lipinski definition) is 0. The van der Waals surface area contributed by atoms with Gasteiger partial charge in [-0.25, -0.2) is 0 Å². The Labute approximate surface area is 254 Å². The van der Waals surface area contributed by atoms with Crippen molar-refractivity contribution in [1.29, 1.82) is 0 Å². The van der Waals surface area contributed by atoms with Gasteiger partial charge in [0.2, 0.25) is 0 Å². The Morgan fingerprint density at radius 3 is 2.00 bits per heavy atom. The fourth-order valence-electron chi connectivity index (χ4n) is 10.6. The average molecular weight is 561 g/mol. The van der Waals surface area contributed by atoms with Crippen LogP contribution in [0.1, 0.15) is 47.4 Å². The van der Waals surface area contributed by atoms with Crippen LogP contribution in [0, 0.1) is 5.92 Å². The van der Waals surface area contributed by atoms with Gasteiger partial charge in [-0.15, -0.1) is 0 Å². The first-order valence-electron chi connectivity index (χ1n) is 16.2. The highest BCUT2D eigenvalue weighted by molar-refractivity contribution is 6.17. The van der Waals surface area contributed by atoms with E-state index in [9.17, 15) is 0 Å². The normalized spacial score (nSPS) is 21.9. The highest BCUT2D eigenvalue weighted by Gasteiger charge is 2.61. The maximum absolute atomic E-state index is 2.64. The van der Waals surface area contributed by atoms with E-state index in [2.05, 4.69) is 130 Å². The molecule has 206 valence electrons. The molecule has 0 bridgehead atoms. The standard InChI is InChI=1S/C42H28N2/c1-2-9-24(10-3-1)25-17-21-33-37(23-25)44-35-16-7-5-12-28(35)31-20-22-36-39(41(31)44)42(33)32-14-8-13-26(32)29-18-19-30-27-11-4-6-15-34(27)43(36)40(30)38(29)42/h1-7,9-12,15-23,26,32H,8,13-14H2. The summed E-state index contributed by atoms with van der Waals surface area (Å²) in [6.45, 7) is 0. The Hall–Kier alpha value is -5.08. The average Bonchev–Trinajstić information content (AvgIpc) is 3.84. The first kappa shape index (κ1) is 22.5. The molecule has 4 heterocycles. The molecule has 2 aliphatic carbocycles. The minimum absolute atomic E-state index is 0.163. The van der Waals surface area contributed by atoms with Gasteiger partial charge in [0.15, 0.2) is 0 Å². The van der Waals surface area contributed by atoms with Gasteiger partial charge in [-0.3, -0.25) is 0 Å². The molecule has 0 amide bonds. The predicted molar refractivity (Wildman–Crippen MR) is 181 cm³/mol. The van der Waals surface area contributed by atoms with Crippen molar-refractivity contribution in [2.45, 2.75) is 30.6 Å². The molecule has 3 atom stereocenters. The van der Waals surface area contributed by atoms with E-state index in [0.29, 0.717) is 11.8 Å². The molecule has 2 heteroatoms. The summed E-state index contributed by atoms with van der Waals surface area (Å²) in [4.78, 5) is 0. The minimum atomic E-state index is -0.163. The first-order valence-corrected chi connectivity index (χ1v) is 16.2. The molecule has 0 radical (unpaired) electrons. The lowest BCUT2D eigenvalue weighted by molar-refractivity contribution is 0.382. The van der Waals surface area contributed by atoms with E-state index in [4.69, 9.17) is 0 Å². The topological polar surface area (TPSA) is 9.86 Å². The molecular formula is C42H28N2. The second-order valence-electron chi connectivity index (χ2n) is 13.5. The van der Waals surface area contributed by atoms with Crippen LogP contribution in [0.2, 0.25) is 0 Å². The van der Waals surface area contributed by atoms with Gasteiger partial charge in [0.1, 0.15) is 0 Å². The number of nitrogens with zero attached hydrogens (tertiary/aromatic N) is 2. The Kier molecular flexibility index (Phi) is 3.75. The predicted octanol–water partition coefficient (Wildman–Crippen LogP) is 10.4. The summed E-state index contributed by atoms with van der Waals surface area (Å²) >= 11 is 0. The molecule has 1 spiro atoms. The number of fused-ring (bicyclic) bond motifs is 11. The molecule has 12 rings (SSSR count). The summed E-state index contributed by atoms with van der Waals surface area (Å²) in [7, 11) is 0. The van der Waals surface area contributed by atoms with E-state index in [1.807, 2.05) is 0 Å². The van der Waals surface area contributed by atoms with Gasteiger partial charge in [0.05, 0.1) is 38.9 Å². The van der Waals surface area contributed by atoms with E-state index in [1.54, 1.807) is 16.7 Å². The van der Waals surface area contributed by atoms with Crippen LogP contribution >= 0.6 is 0 Å². The summed E-state index contributed by atoms with van der Waals surface area (Å²) in [6, 6.07) is 46.4. The van der Waals surface area contributed by atoms with E-state index in [-0.39, 0.29) is 5.41 Å². The van der Waals surface area contributed by atoms with Crippen LogP contribution in [-0.2, 0) is 5.41 Å². The second kappa shape index (κ2) is 7.34. The molecule has 3 unspecified atom stereocenters. The molecule has 2 nitrogen and oxygen atoms in total. The first-order chi connectivity index (χ1) is 21.9. The van der Waals surface area contributed by atoms with Crippen molar-refractivity contribution < 1.29 is 0 Å². The largest absolute Gasteiger partial charge is 0.309 e. The van der Waals surface area contributed by atoms with Crippen molar-refractivity contribution in [2.75, 3.05) is 0 Å². The van der Waals surface area contributed by atoms with Crippen LogP contribution in [0.3, 0.4) is 0 Å². The summed E-state index contributed by atoms with van der Waals surface area (Å²) in [5.74, 6) is 1.16. The Balaban J connectivity index is 1.38. The molecule has 0 saturated heterocycles. The fourth-order valence-corrected chi connectivity index (χ4v) is 10.6. The zero-order valence-electron chi connectivity index (χ0n) is 24.2. The van der Waals surface area contributed by atoms with Gasteiger partial charge >= 0.3 is 0 Å². The van der Waals surface area contributed by atoms with Crippen LogP contribution in [0.5, 0.6) is 0 Å². The molecule has 6 aromatic carbocycles. The van der Waals surface area contributed by atoms with Gasteiger partial charge < -0.3 is 9.13 Å². The summed E-state index contributed by atoms with van der Waals surface area (Å²) in [6.07, 6.45) is 3.87. The zero-order chi connectivity index (χ0) is 28.3. The minimum Gasteiger partial charge on any atom is -0.309 e. The third-order valence-corrected chi connectivity index (χ3v) is 12.0. The van der Waals surface area contributed by atoms with E-state index < -0.39 is 0 Å². The number of hydrogen-bond acceptors (Lipinski definition) is 0. The van der Waals surface area contributed by atoms with Gasteiger partial charge in [0, 0.05) is 27.1 Å². The SMILES string of the molecule is c1ccc(-c2ccc3c(c2)-n2c4ccccc4c4ccc5c(c42)C32c3c(ccc4c6ccccc6n-5c34)C3CCCC32)cc1. The zero-order valence-corrected chi connectivity index (χ0v) is 24.2. The van der Waals surface area contributed by atoms with Gasteiger partial charge in [-0.1, -0.05) is 103 Å². The van der Waals surface area contributed by atoms with Crippen LogP contribution in [0.4, 0.5) is 0 Å². The third kappa shape index (κ3) is 2.24. The molecule has 2 aromatic heterocycles. The van der Waals surface area contributed by atoms with Crippen molar-refractivity contribution in [1.82, 2.24) is 9.13 Å². The summed E-state index contributed by atoms with van der Waals surface area (Å²) in [5.41, 5.74) is 16.9. The molecular weight excluding hydrogens is 532 g/mol. The maximum Gasteiger partial charge on any atom is 0.0606 e. The van der Waals surface area contributed by atoms with Crippen molar-refractivity contribution >= 4 is 43.6 Å². The molecule has 1 saturated carbocycles. The van der Waals surface area contributed by atoms with Crippen LogP contribution in [0.15, 0.2) is 121 Å². The van der Waals surface area contributed by atoms with Crippen molar-refractivity contribution in [2.24, 2.45) is 5.92 Å². The van der Waals surface area contributed by atoms with Crippen LogP contribution in [0.25, 0.3) is 66.1 Å². The van der Waals surface area contributed by atoms with Crippen LogP contribution < -0.4 is 0 Å². The lowest BCUT2D eigenvalue weighted by Gasteiger charge is -2.46. The molecule has 44 heavy (non-hydrogen) atoms. The Bertz CT molecular complexity index is 2600. The smallest absolute Gasteiger partial charge is 0.0606 e. The number of aromatic nitrogens is 2. The number of para-hydroxylation sites is 2. The quantitative estimate of drug-likeness (QED) is 0.189. The lowest BCUT2D eigenvalue weighted by atomic mass is 9.60. The second-order valence-corrected chi connectivity index (χ2v) is 13.5. The van der Waals surface area contributed by atoms with Crippen LogP contribution in [-0.4, -0.2) is 9.13 Å². The molecule has 4 aliphatic rings. The van der Waals surface area contributed by atoms with Crippen molar-refractivity contribution in [3.05, 3.63) is 144 Å². The Morgan fingerprint density at radius 2 is 1.20 bits per heavy atom.